The Bertz CT molecular complexity index is 236. The molecule has 0 aromatic rings. The molecule has 1 aliphatic rings. The second kappa shape index (κ2) is 3.63. The van der Waals surface area contributed by atoms with Crippen LogP contribution in [0.2, 0.25) is 0 Å². The lowest BCUT2D eigenvalue weighted by atomic mass is 10.3. The van der Waals surface area contributed by atoms with Crippen molar-refractivity contribution in [2.45, 2.75) is 18.2 Å². The highest BCUT2D eigenvalue weighted by atomic mass is 32.2. The number of rotatable bonds is 3. The van der Waals surface area contributed by atoms with Crippen molar-refractivity contribution in [2.75, 3.05) is 13.1 Å². The average molecular weight is 200 g/mol. The molecule has 0 radical (unpaired) electrons. The van der Waals surface area contributed by atoms with Crippen LogP contribution in [0.4, 0.5) is 8.78 Å². The molecule has 0 saturated carbocycles. The highest BCUT2D eigenvalue weighted by molar-refractivity contribution is 7.89. The fraction of sp³-hybridized carbons (Fsp3) is 1.00. The average Bonchev–Trinajstić information content (AvgIpc) is 2.38. The second-order valence-corrected chi connectivity index (χ2v) is 4.30. The van der Waals surface area contributed by atoms with Crippen LogP contribution in [0.1, 0.15) is 6.42 Å². The van der Waals surface area contributed by atoms with Gasteiger partial charge in [0, 0.05) is 12.6 Å². The number of sulfonamides is 1. The molecule has 1 saturated heterocycles. The zero-order valence-electron chi connectivity index (χ0n) is 6.26. The molecule has 7 heteroatoms. The molecule has 4 nitrogen and oxygen atoms in total. The largest absolute Gasteiger partial charge is 0.350 e. The van der Waals surface area contributed by atoms with E-state index in [1.807, 2.05) is 4.72 Å². The first kappa shape index (κ1) is 9.82. The van der Waals surface area contributed by atoms with Crippen molar-refractivity contribution in [1.82, 2.24) is 10.0 Å². The molecule has 0 aromatic carbocycles. The first-order chi connectivity index (χ1) is 5.52. The van der Waals surface area contributed by atoms with Crippen LogP contribution < -0.4 is 10.0 Å². The van der Waals surface area contributed by atoms with E-state index in [0.717, 1.165) is 0 Å². The molecule has 1 aliphatic heterocycles. The highest BCUT2D eigenvalue weighted by Gasteiger charge is 2.28. The Balaban J connectivity index is 2.49. The summed E-state index contributed by atoms with van der Waals surface area (Å²) in [6.07, 6.45) is 0.561. The maximum Gasteiger partial charge on any atom is 0.350 e. The quantitative estimate of drug-likeness (QED) is 0.645. The van der Waals surface area contributed by atoms with Gasteiger partial charge in [-0.15, -0.1) is 0 Å². The van der Waals surface area contributed by atoms with E-state index in [2.05, 4.69) is 5.32 Å². The lowest BCUT2D eigenvalue weighted by Gasteiger charge is -2.10. The van der Waals surface area contributed by atoms with Crippen molar-refractivity contribution >= 4 is 10.0 Å². The summed E-state index contributed by atoms with van der Waals surface area (Å²) in [5.41, 5.74) is 0. The van der Waals surface area contributed by atoms with Crippen molar-refractivity contribution in [3.8, 4) is 0 Å². The van der Waals surface area contributed by atoms with Crippen LogP contribution in [-0.2, 0) is 10.0 Å². The van der Waals surface area contributed by atoms with E-state index < -0.39 is 15.8 Å². The lowest BCUT2D eigenvalue weighted by molar-refractivity contribution is 0.231. The van der Waals surface area contributed by atoms with E-state index >= 15 is 0 Å². The fourth-order valence-electron chi connectivity index (χ4n) is 1.04. The van der Waals surface area contributed by atoms with E-state index in [1.165, 1.54) is 0 Å². The maximum atomic E-state index is 11.8. The predicted octanol–water partition coefficient (Wildman–Crippen LogP) is -0.510. The Morgan fingerprint density at radius 2 is 2.17 bits per heavy atom. The Kier molecular flexibility index (Phi) is 2.97. The van der Waals surface area contributed by atoms with Crippen molar-refractivity contribution in [2.24, 2.45) is 0 Å². The minimum Gasteiger partial charge on any atom is -0.315 e. The van der Waals surface area contributed by atoms with Crippen LogP contribution in [0.15, 0.2) is 0 Å². The third-order valence-corrected chi connectivity index (χ3v) is 2.76. The monoisotopic (exact) mass is 200 g/mol. The molecule has 0 unspecified atom stereocenters. The summed E-state index contributed by atoms with van der Waals surface area (Å²) >= 11 is 0. The Labute approximate surface area is 69.4 Å². The number of nitrogens with one attached hydrogen (secondary N) is 2. The molecule has 1 rings (SSSR count). The van der Waals surface area contributed by atoms with Crippen LogP contribution in [0.5, 0.6) is 0 Å². The zero-order chi connectivity index (χ0) is 9.19. The molecule has 1 atom stereocenters. The minimum atomic E-state index is -4.40. The summed E-state index contributed by atoms with van der Waals surface area (Å²) in [5.74, 6) is -3.34. The number of alkyl halides is 2. The molecule has 1 fully saturated rings. The summed E-state index contributed by atoms with van der Waals surface area (Å²) in [6, 6.07) is -0.385. The van der Waals surface area contributed by atoms with Crippen molar-refractivity contribution in [1.29, 1.82) is 0 Å². The van der Waals surface area contributed by atoms with Crippen LogP contribution >= 0.6 is 0 Å². The van der Waals surface area contributed by atoms with Gasteiger partial charge in [0.1, 0.15) is 0 Å². The van der Waals surface area contributed by atoms with Gasteiger partial charge in [-0.2, -0.15) is 8.78 Å². The molecule has 0 aromatic heterocycles. The number of hydrogen-bond acceptors (Lipinski definition) is 3. The SMILES string of the molecule is O=S(=O)(N[C@@H]1CCNC1)C(F)F. The third kappa shape index (κ3) is 2.36. The van der Waals surface area contributed by atoms with Gasteiger partial charge in [0.15, 0.2) is 0 Å². The lowest BCUT2D eigenvalue weighted by Crippen LogP contribution is -2.39. The zero-order valence-corrected chi connectivity index (χ0v) is 7.07. The molecular formula is C5H10F2N2O2S. The van der Waals surface area contributed by atoms with Gasteiger partial charge in [0.2, 0.25) is 0 Å². The summed E-state index contributed by atoms with van der Waals surface area (Å²) in [6.45, 7) is 1.09. The van der Waals surface area contributed by atoms with Crippen LogP contribution in [0.25, 0.3) is 0 Å². The molecule has 12 heavy (non-hydrogen) atoms. The Hall–Kier alpha value is -0.270. The summed E-state index contributed by atoms with van der Waals surface area (Å²) in [4.78, 5) is 0. The normalized spacial score (nSPS) is 25.1. The standard InChI is InChI=1S/C5H10F2N2O2S/c6-5(7)12(10,11)9-4-1-2-8-3-4/h4-5,8-9H,1-3H2/t4-/m1/s1. The molecule has 1 heterocycles. The van der Waals surface area contributed by atoms with Gasteiger partial charge in [-0.3, -0.25) is 0 Å². The van der Waals surface area contributed by atoms with E-state index in [9.17, 15) is 17.2 Å². The highest BCUT2D eigenvalue weighted by Crippen LogP contribution is 2.06. The molecule has 0 amide bonds. The van der Waals surface area contributed by atoms with Crippen LogP contribution in [-0.4, -0.2) is 33.3 Å². The van der Waals surface area contributed by atoms with Gasteiger partial charge in [0.25, 0.3) is 10.0 Å². The molecule has 0 spiro atoms. The van der Waals surface area contributed by atoms with Gasteiger partial charge in [-0.25, -0.2) is 13.1 Å². The summed E-state index contributed by atoms with van der Waals surface area (Å²) < 4.78 is 46.7. The fourth-order valence-corrected chi connectivity index (χ4v) is 1.81. The van der Waals surface area contributed by atoms with Gasteiger partial charge >= 0.3 is 5.76 Å². The van der Waals surface area contributed by atoms with E-state index in [4.69, 9.17) is 0 Å². The molecule has 0 bridgehead atoms. The number of hydrogen-bond donors (Lipinski definition) is 2. The van der Waals surface area contributed by atoms with E-state index in [1.54, 1.807) is 0 Å². The van der Waals surface area contributed by atoms with Crippen molar-refractivity contribution < 1.29 is 17.2 Å². The van der Waals surface area contributed by atoms with Gasteiger partial charge in [-0.1, -0.05) is 0 Å². The van der Waals surface area contributed by atoms with Crippen molar-refractivity contribution in [3.05, 3.63) is 0 Å². The Morgan fingerprint density at radius 3 is 2.58 bits per heavy atom. The smallest absolute Gasteiger partial charge is 0.315 e. The predicted molar refractivity (Wildman–Crippen MR) is 39.3 cm³/mol. The first-order valence-corrected chi connectivity index (χ1v) is 5.07. The number of halogens is 2. The van der Waals surface area contributed by atoms with Gasteiger partial charge < -0.3 is 5.32 Å². The molecular weight excluding hydrogens is 190 g/mol. The van der Waals surface area contributed by atoms with Crippen LogP contribution in [0.3, 0.4) is 0 Å². The molecule has 72 valence electrons. The molecule has 2 N–H and O–H groups in total. The summed E-state index contributed by atoms with van der Waals surface area (Å²) in [5, 5.41) is 2.86. The maximum absolute atomic E-state index is 11.8. The van der Waals surface area contributed by atoms with E-state index in [0.29, 0.717) is 19.5 Å². The minimum absolute atomic E-state index is 0.385. The van der Waals surface area contributed by atoms with Gasteiger partial charge in [-0.05, 0) is 13.0 Å². The second-order valence-electron chi connectivity index (χ2n) is 2.61. The van der Waals surface area contributed by atoms with Crippen molar-refractivity contribution in [3.63, 3.8) is 0 Å². The van der Waals surface area contributed by atoms with Crippen LogP contribution in [0, 0.1) is 0 Å². The summed E-state index contributed by atoms with van der Waals surface area (Å²) in [7, 11) is -4.40. The first-order valence-electron chi connectivity index (χ1n) is 3.52. The Morgan fingerprint density at radius 1 is 1.50 bits per heavy atom. The van der Waals surface area contributed by atoms with Gasteiger partial charge in [0.05, 0.1) is 0 Å². The molecule has 0 aliphatic carbocycles. The van der Waals surface area contributed by atoms with E-state index in [-0.39, 0.29) is 6.04 Å². The topological polar surface area (TPSA) is 58.2 Å². The third-order valence-electron chi connectivity index (χ3n) is 1.63.